The van der Waals surface area contributed by atoms with Crippen molar-refractivity contribution in [2.24, 2.45) is 0 Å². The first kappa shape index (κ1) is 24.8. The third kappa shape index (κ3) is 3.92. The van der Waals surface area contributed by atoms with E-state index < -0.39 is 51.7 Å². The minimum atomic E-state index is -3.06. The molecular formula is C21H26ClN3O8. The van der Waals surface area contributed by atoms with Crippen LogP contribution in [0.3, 0.4) is 0 Å². The van der Waals surface area contributed by atoms with Gasteiger partial charge in [0.25, 0.3) is 11.8 Å². The highest BCUT2D eigenvalue weighted by Crippen LogP contribution is 2.50. The largest absolute Gasteiger partial charge is 0.503 e. The molecule has 1 aliphatic heterocycles. The predicted molar refractivity (Wildman–Crippen MR) is 118 cm³/mol. The Labute approximate surface area is 193 Å². The lowest BCUT2D eigenvalue weighted by molar-refractivity contribution is -0.285. The van der Waals surface area contributed by atoms with Gasteiger partial charge in [0.15, 0.2) is 17.3 Å². The van der Waals surface area contributed by atoms with E-state index in [1.54, 1.807) is 0 Å². The summed E-state index contributed by atoms with van der Waals surface area (Å²) in [7, 11) is 0. The zero-order valence-electron chi connectivity index (χ0n) is 17.9. The molecule has 1 saturated heterocycles. The van der Waals surface area contributed by atoms with Gasteiger partial charge in [0.2, 0.25) is 11.5 Å². The van der Waals surface area contributed by atoms with Crippen LogP contribution in [0.15, 0.2) is 24.3 Å². The number of likely N-dealkylation sites (tertiary alicyclic amines) is 1. The summed E-state index contributed by atoms with van der Waals surface area (Å²) >= 11 is 5.85. The number of aromatic nitrogens is 2. The second kappa shape index (κ2) is 8.86. The maximum Gasteiger partial charge on any atom is 0.287 e. The molecule has 4 rings (SSSR count). The maximum absolute atomic E-state index is 11.1. The molecule has 33 heavy (non-hydrogen) atoms. The number of hydrogen-bond donors (Lipinski definition) is 8. The molecule has 0 atom stereocenters. The number of halogens is 1. The molecule has 180 valence electrons. The second-order valence-electron chi connectivity index (χ2n) is 7.33. The van der Waals surface area contributed by atoms with Gasteiger partial charge in [0, 0.05) is 23.7 Å². The molecule has 8 N–H and O–H groups in total. The molecule has 0 radical (unpaired) electrons. The Bertz CT molecular complexity index is 1160. The van der Waals surface area contributed by atoms with Gasteiger partial charge in [-0.25, -0.2) is 9.88 Å². The number of aromatic hydroxyl groups is 4. The van der Waals surface area contributed by atoms with Crippen LogP contribution in [0.1, 0.15) is 38.1 Å². The van der Waals surface area contributed by atoms with Crippen molar-refractivity contribution in [1.29, 1.82) is 0 Å². The van der Waals surface area contributed by atoms with E-state index in [0.29, 0.717) is 17.4 Å². The van der Waals surface area contributed by atoms with Crippen molar-refractivity contribution < 1.29 is 40.9 Å². The van der Waals surface area contributed by atoms with E-state index >= 15 is 0 Å². The zero-order chi connectivity index (χ0) is 24.7. The van der Waals surface area contributed by atoms with Gasteiger partial charge in [-0.15, -0.1) is 0 Å². The fraction of sp³-hybridized carbons (Fsp3) is 0.381. The van der Waals surface area contributed by atoms with Crippen LogP contribution in [0.2, 0.25) is 5.02 Å². The molecule has 2 heterocycles. The van der Waals surface area contributed by atoms with Crippen LogP contribution < -0.4 is 0 Å². The van der Waals surface area contributed by atoms with E-state index in [4.69, 9.17) is 11.6 Å². The molecule has 0 unspecified atom stereocenters. The first-order chi connectivity index (χ1) is 15.5. The number of rotatable bonds is 4. The smallest absolute Gasteiger partial charge is 0.287 e. The highest BCUT2D eigenvalue weighted by Gasteiger charge is 2.47. The van der Waals surface area contributed by atoms with Crippen molar-refractivity contribution >= 4 is 22.6 Å². The van der Waals surface area contributed by atoms with Gasteiger partial charge in [-0.05, 0) is 25.0 Å². The number of phenolic OH excluding ortho intramolecular Hbond substituents is 4. The monoisotopic (exact) mass is 483 g/mol. The lowest BCUT2D eigenvalue weighted by Crippen LogP contribution is -2.49. The molecule has 0 aliphatic carbocycles. The Morgan fingerprint density at radius 3 is 1.85 bits per heavy atom. The van der Waals surface area contributed by atoms with Crippen LogP contribution in [-0.2, 0) is 11.8 Å². The van der Waals surface area contributed by atoms with E-state index in [-0.39, 0.29) is 23.7 Å². The fourth-order valence-electron chi connectivity index (χ4n) is 3.75. The highest BCUT2D eigenvalue weighted by atomic mass is 35.5. The second-order valence-corrected chi connectivity index (χ2v) is 7.77. The molecule has 1 aliphatic rings. The number of phenols is 4. The molecule has 0 spiro atoms. The summed E-state index contributed by atoms with van der Waals surface area (Å²) < 4.78 is 0.456. The van der Waals surface area contributed by atoms with Crippen molar-refractivity contribution in [1.82, 2.24) is 14.5 Å². The molecule has 1 aromatic heterocycles. The third-order valence-corrected chi connectivity index (χ3v) is 5.64. The van der Waals surface area contributed by atoms with E-state index in [1.165, 1.54) is 29.2 Å². The van der Waals surface area contributed by atoms with Gasteiger partial charge in [-0.1, -0.05) is 37.6 Å². The average Bonchev–Trinajstić information content (AvgIpc) is 3.47. The van der Waals surface area contributed by atoms with Gasteiger partial charge >= 0.3 is 0 Å². The van der Waals surface area contributed by atoms with Crippen molar-refractivity contribution in [2.75, 3.05) is 13.1 Å². The molecular weight excluding hydrogens is 458 g/mol. The summed E-state index contributed by atoms with van der Waals surface area (Å²) in [6, 6.07) is 5.18. The van der Waals surface area contributed by atoms with Gasteiger partial charge < -0.3 is 40.9 Å². The molecule has 3 aromatic rings. The van der Waals surface area contributed by atoms with E-state index in [0.717, 1.165) is 0 Å². The Hall–Kier alpha value is -2.80. The number of benzene rings is 2. The molecule has 11 nitrogen and oxygen atoms in total. The third-order valence-electron chi connectivity index (χ3n) is 5.39. The minimum absolute atomic E-state index is 0.207. The summed E-state index contributed by atoms with van der Waals surface area (Å²) in [6.07, 6.45) is 1.28. The molecule has 0 amide bonds. The minimum Gasteiger partial charge on any atom is -0.503 e. The van der Waals surface area contributed by atoms with E-state index in [1.807, 2.05) is 13.8 Å². The molecule has 2 aromatic carbocycles. The first-order valence-corrected chi connectivity index (χ1v) is 10.7. The van der Waals surface area contributed by atoms with Crippen molar-refractivity contribution in [3.05, 3.63) is 40.7 Å². The lowest BCUT2D eigenvalue weighted by atomic mass is 10.1. The van der Waals surface area contributed by atoms with Crippen LogP contribution in [0.4, 0.5) is 0 Å². The summed E-state index contributed by atoms with van der Waals surface area (Å²) in [6.45, 7) is 4.49. The van der Waals surface area contributed by atoms with Crippen molar-refractivity contribution in [3.63, 3.8) is 0 Å². The Morgan fingerprint density at radius 1 is 0.788 bits per heavy atom. The first-order valence-electron chi connectivity index (χ1n) is 10.3. The molecule has 12 heteroatoms. The lowest BCUT2D eigenvalue weighted by Gasteiger charge is -2.34. The number of nitrogens with zero attached hydrogens (tertiary/aromatic N) is 3. The zero-order valence-corrected chi connectivity index (χ0v) is 18.7. The molecule has 0 saturated carbocycles. The van der Waals surface area contributed by atoms with Crippen molar-refractivity contribution in [2.45, 2.75) is 38.5 Å². The summed E-state index contributed by atoms with van der Waals surface area (Å²) in [5.74, 6) is -11.0. The van der Waals surface area contributed by atoms with Crippen LogP contribution in [0.5, 0.6) is 23.0 Å². The highest BCUT2D eigenvalue weighted by molar-refractivity contribution is 6.30. The topological polar surface area (TPSA) is 183 Å². The Morgan fingerprint density at radius 2 is 1.30 bits per heavy atom. The van der Waals surface area contributed by atoms with E-state index in [9.17, 15) is 40.9 Å². The number of hydrogen-bond acceptors (Lipinski definition) is 10. The Kier molecular flexibility index (Phi) is 6.67. The van der Waals surface area contributed by atoms with Gasteiger partial charge in [-0.3, -0.25) is 4.57 Å². The number of aliphatic hydroxyl groups is 4. The number of fused-ring (bicyclic) bond motifs is 1. The van der Waals surface area contributed by atoms with Gasteiger partial charge in [0.1, 0.15) is 11.0 Å². The molecule has 0 bridgehead atoms. The summed E-state index contributed by atoms with van der Waals surface area (Å²) in [4.78, 5) is 5.10. The van der Waals surface area contributed by atoms with Crippen LogP contribution in [0.25, 0.3) is 11.0 Å². The number of imidazole rings is 1. The SMILES string of the molecule is CC.Oc1c(O)c(O)c2c(nc(C(O)(O)N3CCCC3)n2C(O)(O)c2ccc(Cl)cc2)c1O. The summed E-state index contributed by atoms with van der Waals surface area (Å²) in [5.41, 5.74) is -1.47. The maximum atomic E-state index is 11.1. The van der Waals surface area contributed by atoms with Crippen LogP contribution in [0, 0.1) is 0 Å². The average molecular weight is 484 g/mol. The van der Waals surface area contributed by atoms with Gasteiger partial charge in [0.05, 0.1) is 0 Å². The normalized spacial score (nSPS) is 15.0. The van der Waals surface area contributed by atoms with Crippen LogP contribution >= 0.6 is 11.6 Å². The fourth-order valence-corrected chi connectivity index (χ4v) is 3.88. The Balaban J connectivity index is 0.00000149. The quantitative estimate of drug-likeness (QED) is 0.153. The summed E-state index contributed by atoms with van der Waals surface area (Å²) in [5, 5.41) is 84.8. The van der Waals surface area contributed by atoms with Crippen molar-refractivity contribution in [3.8, 4) is 23.0 Å². The predicted octanol–water partition coefficient (Wildman–Crippen LogP) is 1.37. The standard InChI is InChI=1S/C19H20ClN3O8.C2H6/c20-10-5-3-9(4-6-10)18(28,29)23-12-11(13(24)15(26)16(27)14(12)25)21-17(23)19(30,31)22-7-1-2-8-22;1-2/h3-6,24-31H,1-2,7-8H2;1-2H3. The van der Waals surface area contributed by atoms with Crippen LogP contribution in [-0.4, -0.2) is 68.4 Å². The van der Waals surface area contributed by atoms with E-state index in [2.05, 4.69) is 4.98 Å². The van der Waals surface area contributed by atoms with Gasteiger partial charge in [-0.2, -0.15) is 0 Å². The molecule has 1 fully saturated rings.